The van der Waals surface area contributed by atoms with Gasteiger partial charge in [0.25, 0.3) is 6.20 Å². The van der Waals surface area contributed by atoms with Crippen LogP contribution in [0.15, 0.2) is 18.2 Å². The zero-order valence-electron chi connectivity index (χ0n) is 8.79. The molecule has 1 N–H and O–H groups in total. The minimum absolute atomic E-state index is 0.0922. The molecule has 0 bridgehead atoms. The molecule has 7 nitrogen and oxygen atoms in total. The number of hydrogen-bond acceptors (Lipinski definition) is 6. The number of nitrogens with one attached hydrogen (secondary N) is 1. The molecule has 0 aliphatic rings. The summed E-state index contributed by atoms with van der Waals surface area (Å²) in [5.74, 6) is 0.0922. The van der Waals surface area contributed by atoms with Crippen LogP contribution in [0.1, 0.15) is 4.88 Å². The molecule has 0 aliphatic heterocycles. The molecule has 0 spiro atoms. The fourth-order valence-corrected chi connectivity index (χ4v) is 2.06. The Bertz CT molecular complexity index is 448. The molecule has 9 heteroatoms. The van der Waals surface area contributed by atoms with Crippen LogP contribution in [-0.2, 0) is 11.3 Å². The second-order valence-electron chi connectivity index (χ2n) is 2.86. The van der Waals surface area contributed by atoms with Gasteiger partial charge in [0.15, 0.2) is 10.3 Å². The van der Waals surface area contributed by atoms with Crippen molar-refractivity contribution in [1.82, 2.24) is 15.2 Å². The molecule has 0 aliphatic carbocycles. The van der Waals surface area contributed by atoms with E-state index in [0.717, 1.165) is 16.0 Å². The Morgan fingerprint density at radius 1 is 1.82 bits per heavy atom. The third-order valence-corrected chi connectivity index (χ3v) is 2.87. The molecule has 0 saturated carbocycles. The van der Waals surface area contributed by atoms with Crippen molar-refractivity contribution >= 4 is 29.3 Å². The van der Waals surface area contributed by atoms with E-state index in [2.05, 4.69) is 10.3 Å². The Balaban J connectivity index is 2.83. The molecule has 0 saturated heterocycles. The number of thiazole rings is 1. The highest BCUT2D eigenvalue weighted by atomic mass is 35.5. The molecule has 1 heterocycles. The van der Waals surface area contributed by atoms with Crippen LogP contribution in [0.2, 0.25) is 4.47 Å². The van der Waals surface area contributed by atoms with E-state index in [1.54, 1.807) is 0 Å². The molecular weight excluding hydrogens is 268 g/mol. The van der Waals surface area contributed by atoms with Crippen LogP contribution in [0, 0.1) is 10.1 Å². The molecule has 1 aromatic rings. The summed E-state index contributed by atoms with van der Waals surface area (Å²) in [6.07, 6.45) is 2.74. The maximum absolute atomic E-state index is 10.9. The van der Waals surface area contributed by atoms with Crippen molar-refractivity contribution < 1.29 is 9.72 Å². The highest BCUT2D eigenvalue weighted by Gasteiger charge is 2.13. The topological polar surface area (TPSA) is 88.4 Å². The van der Waals surface area contributed by atoms with E-state index in [1.807, 2.05) is 0 Å². The SMILES string of the molecule is CN/C(=C\[N+](=O)[O-])N(C=O)Cc1cnc(Cl)s1. The average Bonchev–Trinajstić information content (AvgIpc) is 2.68. The smallest absolute Gasteiger partial charge is 0.274 e. The molecule has 0 aromatic carbocycles. The van der Waals surface area contributed by atoms with E-state index in [9.17, 15) is 14.9 Å². The molecule has 0 radical (unpaired) electrons. The van der Waals surface area contributed by atoms with Crippen molar-refractivity contribution in [2.24, 2.45) is 0 Å². The van der Waals surface area contributed by atoms with Crippen LogP contribution in [0.3, 0.4) is 0 Å². The van der Waals surface area contributed by atoms with Crippen molar-refractivity contribution in [3.8, 4) is 0 Å². The molecule has 1 rings (SSSR count). The number of aromatic nitrogens is 1. The Hall–Kier alpha value is -1.67. The predicted octanol–water partition coefficient (Wildman–Crippen LogP) is 1.05. The third kappa shape index (κ3) is 4.00. The zero-order valence-corrected chi connectivity index (χ0v) is 10.4. The van der Waals surface area contributed by atoms with Crippen molar-refractivity contribution in [3.63, 3.8) is 0 Å². The highest BCUT2D eigenvalue weighted by Crippen LogP contribution is 2.19. The fourth-order valence-electron chi connectivity index (χ4n) is 1.09. The van der Waals surface area contributed by atoms with Crippen LogP contribution in [0.4, 0.5) is 0 Å². The first-order valence-corrected chi connectivity index (χ1v) is 5.61. The maximum atomic E-state index is 10.9. The lowest BCUT2D eigenvalue weighted by Crippen LogP contribution is -2.28. The van der Waals surface area contributed by atoms with Gasteiger partial charge in [0.05, 0.1) is 11.5 Å². The summed E-state index contributed by atoms with van der Waals surface area (Å²) < 4.78 is 0.357. The first-order valence-electron chi connectivity index (χ1n) is 4.42. The fraction of sp³-hybridized carbons (Fsp3) is 0.250. The summed E-state index contributed by atoms with van der Waals surface area (Å²) >= 11 is 6.85. The first kappa shape index (κ1) is 13.4. The van der Waals surface area contributed by atoms with Gasteiger partial charge in [-0.3, -0.25) is 19.8 Å². The number of halogens is 1. The first-order chi connectivity index (χ1) is 8.06. The summed E-state index contributed by atoms with van der Waals surface area (Å²) in [6.45, 7) is 0.175. The molecular formula is C8H9ClN4O3S. The van der Waals surface area contributed by atoms with E-state index in [0.29, 0.717) is 10.9 Å². The summed E-state index contributed by atoms with van der Waals surface area (Å²) in [5.41, 5.74) is 0. The molecule has 0 unspecified atom stereocenters. The average molecular weight is 277 g/mol. The minimum Gasteiger partial charge on any atom is -0.369 e. The second kappa shape index (κ2) is 6.16. The van der Waals surface area contributed by atoms with Gasteiger partial charge in [-0.2, -0.15) is 0 Å². The third-order valence-electron chi connectivity index (χ3n) is 1.77. The molecule has 0 atom stereocenters. The van der Waals surface area contributed by atoms with Crippen molar-refractivity contribution in [2.45, 2.75) is 6.54 Å². The van der Waals surface area contributed by atoms with Gasteiger partial charge in [-0.25, -0.2) is 4.98 Å². The van der Waals surface area contributed by atoms with Gasteiger partial charge in [0.1, 0.15) is 0 Å². The van der Waals surface area contributed by atoms with Crippen molar-refractivity contribution in [1.29, 1.82) is 0 Å². The van der Waals surface area contributed by atoms with Crippen LogP contribution < -0.4 is 5.32 Å². The van der Waals surface area contributed by atoms with E-state index in [4.69, 9.17) is 11.6 Å². The number of carbonyl (C=O) groups excluding carboxylic acids is 1. The van der Waals surface area contributed by atoms with E-state index >= 15 is 0 Å². The van der Waals surface area contributed by atoms with Gasteiger partial charge >= 0.3 is 0 Å². The second-order valence-corrected chi connectivity index (χ2v) is 4.56. The Morgan fingerprint density at radius 2 is 2.53 bits per heavy atom. The lowest BCUT2D eigenvalue weighted by molar-refractivity contribution is -0.404. The largest absolute Gasteiger partial charge is 0.369 e. The predicted molar refractivity (Wildman–Crippen MR) is 62.9 cm³/mol. The van der Waals surface area contributed by atoms with E-state index in [-0.39, 0.29) is 12.4 Å². The number of nitro groups is 1. The van der Waals surface area contributed by atoms with Gasteiger partial charge in [0.2, 0.25) is 6.41 Å². The number of hydrogen-bond donors (Lipinski definition) is 1. The van der Waals surface area contributed by atoms with Gasteiger partial charge in [-0.15, -0.1) is 11.3 Å². The number of amides is 1. The molecule has 0 fully saturated rings. The van der Waals surface area contributed by atoms with Crippen LogP contribution >= 0.6 is 22.9 Å². The summed E-state index contributed by atoms with van der Waals surface area (Å²) in [6, 6.07) is 0. The Kier molecular flexibility index (Phi) is 4.85. The lowest BCUT2D eigenvalue weighted by atomic mass is 10.4. The van der Waals surface area contributed by atoms with E-state index in [1.165, 1.54) is 24.6 Å². The normalized spacial score (nSPS) is 11.1. The zero-order chi connectivity index (χ0) is 12.8. The van der Waals surface area contributed by atoms with Gasteiger partial charge in [-0.05, 0) is 0 Å². The van der Waals surface area contributed by atoms with Crippen LogP contribution in [0.25, 0.3) is 0 Å². The summed E-state index contributed by atoms with van der Waals surface area (Å²) in [5, 5.41) is 12.9. The van der Waals surface area contributed by atoms with Gasteiger partial charge < -0.3 is 5.32 Å². The Morgan fingerprint density at radius 3 is 2.94 bits per heavy atom. The van der Waals surface area contributed by atoms with Gasteiger partial charge in [-0.1, -0.05) is 11.6 Å². The van der Waals surface area contributed by atoms with Crippen molar-refractivity contribution in [3.05, 3.63) is 37.7 Å². The number of rotatable bonds is 6. The molecule has 1 amide bonds. The standard InChI is InChI=1S/C8H9ClN4O3S/c1-10-7(4-13(15)16)12(5-14)3-6-2-11-8(9)17-6/h2,4-5,10H,3H2,1H3/b7-4+. The molecule has 1 aromatic heterocycles. The minimum atomic E-state index is -0.637. The quantitative estimate of drug-likeness (QED) is 0.477. The Labute approximate surface area is 106 Å². The highest BCUT2D eigenvalue weighted by molar-refractivity contribution is 7.15. The number of nitrogens with zero attached hydrogens (tertiary/aromatic N) is 3. The number of carbonyl (C=O) groups is 1. The molecule has 92 valence electrons. The lowest BCUT2D eigenvalue weighted by Gasteiger charge is -2.16. The van der Waals surface area contributed by atoms with Gasteiger partial charge in [0, 0.05) is 18.1 Å². The summed E-state index contributed by atoms with van der Waals surface area (Å²) in [7, 11) is 1.49. The summed E-state index contributed by atoms with van der Waals surface area (Å²) in [4.78, 5) is 26.3. The monoisotopic (exact) mass is 276 g/mol. The van der Waals surface area contributed by atoms with Crippen molar-refractivity contribution in [2.75, 3.05) is 7.05 Å². The molecule has 17 heavy (non-hydrogen) atoms. The van der Waals surface area contributed by atoms with Crippen LogP contribution in [-0.4, -0.2) is 28.3 Å². The van der Waals surface area contributed by atoms with Crippen LogP contribution in [0.5, 0.6) is 0 Å². The van der Waals surface area contributed by atoms with E-state index < -0.39 is 4.92 Å². The maximum Gasteiger partial charge on any atom is 0.274 e.